The first-order chi connectivity index (χ1) is 17.2. The summed E-state index contributed by atoms with van der Waals surface area (Å²) in [5.74, 6) is 0.569. The maximum absolute atomic E-state index is 13.9. The summed E-state index contributed by atoms with van der Waals surface area (Å²) in [6, 6.07) is 2.93. The third-order valence-corrected chi connectivity index (χ3v) is 9.42. The van der Waals surface area contributed by atoms with Gasteiger partial charge in [0.1, 0.15) is 22.6 Å². The lowest BCUT2D eigenvalue weighted by Gasteiger charge is -2.37. The van der Waals surface area contributed by atoms with E-state index >= 15 is 0 Å². The van der Waals surface area contributed by atoms with Crippen molar-refractivity contribution in [2.75, 3.05) is 31.1 Å². The average Bonchev–Trinajstić information content (AvgIpc) is 3.36. The summed E-state index contributed by atoms with van der Waals surface area (Å²) in [5, 5.41) is 4.31. The third-order valence-electron chi connectivity index (χ3n) is 7.74. The quantitative estimate of drug-likeness (QED) is 0.538. The molecular formula is C26H34F2N4O3S. The van der Waals surface area contributed by atoms with Crippen LogP contribution in [0.15, 0.2) is 29.2 Å². The Morgan fingerprint density at radius 3 is 2.22 bits per heavy atom. The number of anilines is 1. The van der Waals surface area contributed by atoms with Crippen LogP contribution in [-0.2, 0) is 11.4 Å². The smallest absolute Gasteiger partial charge is 0.316 e. The number of piperazine rings is 1. The zero-order valence-corrected chi connectivity index (χ0v) is 21.8. The summed E-state index contributed by atoms with van der Waals surface area (Å²) in [4.78, 5) is 15.7. The molecule has 2 aromatic rings. The zero-order chi connectivity index (χ0) is 25.6. The molecule has 3 fully saturated rings. The summed E-state index contributed by atoms with van der Waals surface area (Å²) >= 11 is -1.06. The van der Waals surface area contributed by atoms with Gasteiger partial charge >= 0.3 is 5.56 Å². The number of fused-ring (bicyclic) bond motifs is 1. The van der Waals surface area contributed by atoms with Gasteiger partial charge in [-0.25, -0.2) is 8.78 Å². The van der Waals surface area contributed by atoms with Crippen molar-refractivity contribution in [1.82, 2.24) is 14.1 Å². The monoisotopic (exact) mass is 520 g/mol. The number of halogens is 2. The van der Waals surface area contributed by atoms with Gasteiger partial charge in [0.25, 0.3) is 0 Å². The molecule has 2 saturated carbocycles. The predicted octanol–water partition coefficient (Wildman–Crippen LogP) is 3.91. The first-order valence-corrected chi connectivity index (χ1v) is 14.0. The number of hydrogen-bond acceptors (Lipinski definition) is 6. The van der Waals surface area contributed by atoms with Crippen molar-refractivity contribution >= 4 is 17.0 Å². The van der Waals surface area contributed by atoms with Gasteiger partial charge < -0.3 is 14.2 Å². The van der Waals surface area contributed by atoms with Crippen LogP contribution in [0.5, 0.6) is 5.75 Å². The molecule has 0 bridgehead atoms. The van der Waals surface area contributed by atoms with E-state index in [1.165, 1.54) is 12.8 Å². The zero-order valence-electron chi connectivity index (χ0n) is 21.0. The maximum atomic E-state index is 13.9. The largest absolute Gasteiger partial charge is 0.598 e. The van der Waals surface area contributed by atoms with Gasteiger partial charge in [-0.1, -0.05) is 6.92 Å². The molecule has 1 aliphatic heterocycles. The molecule has 2 heterocycles. The van der Waals surface area contributed by atoms with Crippen molar-refractivity contribution in [3.63, 3.8) is 0 Å². The third kappa shape index (κ3) is 5.13. The van der Waals surface area contributed by atoms with Crippen molar-refractivity contribution in [2.45, 2.75) is 57.8 Å². The minimum Gasteiger partial charge on any atom is -0.598 e. The molecule has 5 rings (SSSR count). The highest BCUT2D eigenvalue weighted by Crippen LogP contribution is 2.47. The minimum atomic E-state index is -1.06. The highest BCUT2D eigenvalue weighted by molar-refractivity contribution is 7.89. The highest BCUT2D eigenvalue weighted by Gasteiger charge is 2.42. The van der Waals surface area contributed by atoms with Gasteiger partial charge in [0.15, 0.2) is 0 Å². The predicted molar refractivity (Wildman–Crippen MR) is 136 cm³/mol. The molecule has 36 heavy (non-hydrogen) atoms. The number of benzene rings is 1. The second-order valence-electron chi connectivity index (χ2n) is 10.8. The Kier molecular flexibility index (Phi) is 7.29. The van der Waals surface area contributed by atoms with Crippen LogP contribution in [0.1, 0.15) is 46.5 Å². The fourth-order valence-electron chi connectivity index (χ4n) is 6.14. The molecule has 196 valence electrons. The van der Waals surface area contributed by atoms with Crippen molar-refractivity contribution in [2.24, 2.45) is 17.8 Å². The summed E-state index contributed by atoms with van der Waals surface area (Å²) in [5.41, 5.74) is 0.0628. The summed E-state index contributed by atoms with van der Waals surface area (Å²) < 4.78 is 49.7. The summed E-state index contributed by atoms with van der Waals surface area (Å²) in [7, 11) is 0. The second kappa shape index (κ2) is 10.3. The van der Waals surface area contributed by atoms with Gasteiger partial charge in [0.2, 0.25) is 5.75 Å². The van der Waals surface area contributed by atoms with E-state index in [1.54, 1.807) is 6.20 Å². The number of ether oxygens (including phenoxy) is 1. The molecular weight excluding hydrogens is 486 g/mol. The van der Waals surface area contributed by atoms with E-state index in [-0.39, 0.29) is 22.8 Å². The van der Waals surface area contributed by atoms with Crippen LogP contribution in [0.2, 0.25) is 0 Å². The molecule has 3 unspecified atom stereocenters. The van der Waals surface area contributed by atoms with E-state index in [2.05, 4.69) is 12.0 Å². The normalized spacial score (nSPS) is 27.5. The van der Waals surface area contributed by atoms with E-state index in [0.717, 1.165) is 41.6 Å². The van der Waals surface area contributed by atoms with Crippen LogP contribution in [0, 0.1) is 29.4 Å². The van der Waals surface area contributed by atoms with Crippen molar-refractivity contribution in [1.29, 1.82) is 0 Å². The molecule has 1 aromatic heterocycles. The Bertz CT molecular complexity index is 1120. The van der Waals surface area contributed by atoms with Crippen LogP contribution in [0.4, 0.5) is 14.5 Å². The molecule has 0 amide bonds. The fraction of sp³-hybridized carbons (Fsp3) is 0.615. The van der Waals surface area contributed by atoms with E-state index in [1.807, 2.05) is 23.1 Å². The first kappa shape index (κ1) is 25.5. The Balaban J connectivity index is 1.44. The highest BCUT2D eigenvalue weighted by atomic mass is 32.2. The van der Waals surface area contributed by atoms with Gasteiger partial charge in [-0.05, 0) is 69.4 Å². The van der Waals surface area contributed by atoms with Gasteiger partial charge in [-0.3, -0.25) is 4.79 Å². The SMILES string of the molecule is CC1CC2CC(Oc3c(N4CCN([S+]([O-])C(C)C)CC4)cnn(-c4cc(F)cc(F)c4)c3=O)CC2C1. The first-order valence-electron chi connectivity index (χ1n) is 12.9. The topological polar surface area (TPSA) is 73.7 Å². The van der Waals surface area contributed by atoms with Crippen molar-refractivity contribution in [3.05, 3.63) is 46.4 Å². The Morgan fingerprint density at radius 1 is 1.03 bits per heavy atom. The molecule has 1 aromatic carbocycles. The second-order valence-corrected chi connectivity index (χ2v) is 12.8. The van der Waals surface area contributed by atoms with Crippen LogP contribution >= 0.6 is 0 Å². The molecule has 0 spiro atoms. The van der Waals surface area contributed by atoms with Gasteiger partial charge in [-0.2, -0.15) is 9.78 Å². The Labute approximate surface area is 213 Å². The lowest BCUT2D eigenvalue weighted by molar-refractivity contribution is 0.191. The van der Waals surface area contributed by atoms with Gasteiger partial charge in [-0.15, -0.1) is 4.31 Å². The molecule has 3 aliphatic rings. The van der Waals surface area contributed by atoms with Crippen LogP contribution < -0.4 is 15.2 Å². The van der Waals surface area contributed by atoms with Gasteiger partial charge in [0.05, 0.1) is 31.1 Å². The number of nitrogens with zero attached hydrogens (tertiary/aromatic N) is 4. The molecule has 10 heteroatoms. The van der Waals surface area contributed by atoms with Gasteiger partial charge in [0, 0.05) is 30.5 Å². The molecule has 7 nitrogen and oxygen atoms in total. The molecule has 0 radical (unpaired) electrons. The number of aromatic nitrogens is 2. The van der Waals surface area contributed by atoms with Crippen LogP contribution in [-0.4, -0.2) is 56.2 Å². The molecule has 2 aliphatic carbocycles. The van der Waals surface area contributed by atoms with E-state index in [4.69, 9.17) is 4.74 Å². The van der Waals surface area contributed by atoms with Crippen molar-refractivity contribution < 1.29 is 18.1 Å². The molecule has 1 saturated heterocycles. The van der Waals surface area contributed by atoms with E-state index < -0.39 is 28.6 Å². The lowest BCUT2D eigenvalue weighted by atomic mass is 10.0. The van der Waals surface area contributed by atoms with E-state index in [9.17, 15) is 18.1 Å². The standard InChI is InChI=1S/C26H34F2N4O3S/c1-16(2)36(34)31-6-4-30(5-7-31)24-15-29-32(22-13-20(27)12-21(28)14-22)26(33)25(24)35-23-10-18-8-17(3)9-19(18)11-23/h12-19,23H,4-11H2,1-3H3. The Morgan fingerprint density at radius 2 is 1.64 bits per heavy atom. The van der Waals surface area contributed by atoms with Crippen LogP contribution in [0.25, 0.3) is 5.69 Å². The van der Waals surface area contributed by atoms with Crippen LogP contribution in [0.3, 0.4) is 0 Å². The Hall–Kier alpha value is -2.17. The summed E-state index contributed by atoms with van der Waals surface area (Å²) in [6.07, 6.45) is 5.67. The summed E-state index contributed by atoms with van der Waals surface area (Å²) in [6.45, 7) is 8.49. The maximum Gasteiger partial charge on any atom is 0.316 e. The fourth-order valence-corrected chi connectivity index (χ4v) is 7.26. The molecule has 3 atom stereocenters. The van der Waals surface area contributed by atoms with E-state index in [0.29, 0.717) is 43.7 Å². The molecule has 0 N–H and O–H groups in total. The average molecular weight is 521 g/mol. The van der Waals surface area contributed by atoms with Crippen molar-refractivity contribution in [3.8, 4) is 11.4 Å². The number of rotatable bonds is 6. The number of hydrogen-bond donors (Lipinski definition) is 0. The minimum absolute atomic E-state index is 0.0168. The lowest BCUT2D eigenvalue weighted by Crippen LogP contribution is -2.50.